The van der Waals surface area contributed by atoms with Crippen LogP contribution in [0.2, 0.25) is 10.0 Å². The third-order valence-corrected chi connectivity index (χ3v) is 2.35. The summed E-state index contributed by atoms with van der Waals surface area (Å²) in [4.78, 5) is 11.6. The lowest BCUT2D eigenvalue weighted by Crippen LogP contribution is -2.09. The Morgan fingerprint density at radius 1 is 1.47 bits per heavy atom. The molecular formula is C10H9Cl2NO2. The van der Waals surface area contributed by atoms with E-state index in [4.69, 9.17) is 28.6 Å². The highest BCUT2D eigenvalue weighted by Crippen LogP contribution is 2.22. The van der Waals surface area contributed by atoms with Gasteiger partial charge in [-0.3, -0.25) is 10.2 Å². The van der Waals surface area contributed by atoms with Gasteiger partial charge in [0.2, 0.25) is 0 Å². The van der Waals surface area contributed by atoms with E-state index in [1.807, 2.05) is 0 Å². The van der Waals surface area contributed by atoms with Crippen molar-refractivity contribution in [2.75, 3.05) is 7.11 Å². The first-order valence-electron chi connectivity index (χ1n) is 4.14. The maximum absolute atomic E-state index is 11.6. The number of methoxy groups -OCH3 is 1. The van der Waals surface area contributed by atoms with Gasteiger partial charge in [-0.15, -0.1) is 0 Å². The van der Waals surface area contributed by atoms with E-state index in [0.29, 0.717) is 10.6 Å². The Morgan fingerprint density at radius 3 is 2.67 bits per heavy atom. The van der Waals surface area contributed by atoms with Gasteiger partial charge < -0.3 is 4.74 Å². The summed E-state index contributed by atoms with van der Waals surface area (Å²) in [6, 6.07) is 4.61. The molecule has 1 aromatic rings. The third-order valence-electron chi connectivity index (χ3n) is 1.80. The monoisotopic (exact) mass is 245 g/mol. The number of hydrogen-bond donors (Lipinski definition) is 1. The molecule has 0 saturated heterocycles. The van der Waals surface area contributed by atoms with Crippen LogP contribution in [0.5, 0.6) is 0 Å². The largest absolute Gasteiger partial charge is 0.484 e. The lowest BCUT2D eigenvalue weighted by atomic mass is 10.1. The van der Waals surface area contributed by atoms with Crippen LogP contribution in [-0.2, 0) is 4.74 Å². The molecule has 0 saturated carbocycles. The van der Waals surface area contributed by atoms with Gasteiger partial charge in [-0.25, -0.2) is 0 Å². The van der Waals surface area contributed by atoms with E-state index >= 15 is 0 Å². The molecule has 1 rings (SSSR count). The zero-order valence-corrected chi connectivity index (χ0v) is 9.52. The van der Waals surface area contributed by atoms with Crippen molar-refractivity contribution in [2.24, 2.45) is 0 Å². The summed E-state index contributed by atoms with van der Waals surface area (Å²) in [7, 11) is 1.35. The summed E-state index contributed by atoms with van der Waals surface area (Å²) in [5.41, 5.74) is 0.350. The molecule has 0 bridgehead atoms. The predicted octanol–water partition coefficient (Wildman–Crippen LogP) is 3.19. The number of nitrogens with one attached hydrogen (secondary N) is 1. The molecule has 0 aliphatic carbocycles. The SMILES string of the molecule is COC(=N)CC(=O)c1ccc(Cl)cc1Cl. The molecule has 0 fully saturated rings. The fraction of sp³-hybridized carbons (Fsp3) is 0.200. The number of ketones is 1. The molecule has 1 aromatic carbocycles. The van der Waals surface area contributed by atoms with Gasteiger partial charge >= 0.3 is 0 Å². The molecule has 0 heterocycles. The van der Waals surface area contributed by atoms with Crippen LogP contribution in [-0.4, -0.2) is 18.8 Å². The number of carbonyl (C=O) groups excluding carboxylic acids is 1. The highest BCUT2D eigenvalue weighted by Gasteiger charge is 2.13. The predicted molar refractivity (Wildman–Crippen MR) is 60.1 cm³/mol. The van der Waals surface area contributed by atoms with Crippen LogP contribution < -0.4 is 0 Å². The molecule has 15 heavy (non-hydrogen) atoms. The molecule has 0 aliphatic heterocycles. The molecule has 0 aliphatic rings. The van der Waals surface area contributed by atoms with Crippen molar-refractivity contribution in [2.45, 2.75) is 6.42 Å². The van der Waals surface area contributed by atoms with Crippen molar-refractivity contribution in [3.8, 4) is 0 Å². The van der Waals surface area contributed by atoms with Gasteiger partial charge in [-0.05, 0) is 18.2 Å². The van der Waals surface area contributed by atoms with E-state index in [9.17, 15) is 4.79 Å². The molecule has 0 spiro atoms. The fourth-order valence-corrected chi connectivity index (χ4v) is 1.54. The summed E-state index contributed by atoms with van der Waals surface area (Å²) < 4.78 is 4.60. The number of halogens is 2. The standard InChI is InChI=1S/C10H9Cl2NO2/c1-15-10(13)5-9(14)7-3-2-6(11)4-8(7)12/h2-4,13H,5H2,1H3. The number of ether oxygens (including phenoxy) is 1. The summed E-state index contributed by atoms with van der Waals surface area (Å²) >= 11 is 11.5. The summed E-state index contributed by atoms with van der Waals surface area (Å²) in [5.74, 6) is -0.352. The van der Waals surface area contributed by atoms with Crippen LogP contribution in [0.15, 0.2) is 18.2 Å². The second-order valence-electron chi connectivity index (χ2n) is 2.85. The number of rotatable bonds is 3. The van der Waals surface area contributed by atoms with Gasteiger partial charge in [-0.1, -0.05) is 23.2 Å². The molecule has 3 nitrogen and oxygen atoms in total. The summed E-state index contributed by atoms with van der Waals surface area (Å²) in [5, 5.41) is 7.98. The number of hydrogen-bond acceptors (Lipinski definition) is 3. The average Bonchev–Trinajstić information content (AvgIpc) is 2.17. The third kappa shape index (κ3) is 3.22. The highest BCUT2D eigenvalue weighted by molar-refractivity contribution is 6.37. The summed E-state index contributed by atoms with van der Waals surface area (Å²) in [6.07, 6.45) is -0.0994. The van der Waals surface area contributed by atoms with Crippen LogP contribution in [0.25, 0.3) is 0 Å². The Kier molecular flexibility index (Phi) is 4.12. The molecular weight excluding hydrogens is 237 g/mol. The molecule has 0 radical (unpaired) electrons. The van der Waals surface area contributed by atoms with Crippen LogP contribution in [0.3, 0.4) is 0 Å². The lowest BCUT2D eigenvalue weighted by Gasteiger charge is -2.04. The number of Topliss-reactive ketones (excluding diaryl/α,β-unsaturated/α-hetero) is 1. The average molecular weight is 246 g/mol. The Morgan fingerprint density at radius 2 is 2.13 bits per heavy atom. The van der Waals surface area contributed by atoms with E-state index in [-0.39, 0.29) is 23.1 Å². The molecule has 0 amide bonds. The highest BCUT2D eigenvalue weighted by atomic mass is 35.5. The molecule has 0 aromatic heterocycles. The molecule has 1 N–H and O–H groups in total. The van der Waals surface area contributed by atoms with Crippen LogP contribution in [0, 0.1) is 5.41 Å². The van der Waals surface area contributed by atoms with Crippen molar-refractivity contribution in [3.05, 3.63) is 33.8 Å². The molecule has 80 valence electrons. The summed E-state index contributed by atoms with van der Waals surface area (Å²) in [6.45, 7) is 0. The smallest absolute Gasteiger partial charge is 0.188 e. The first-order chi connectivity index (χ1) is 7.04. The first-order valence-corrected chi connectivity index (χ1v) is 4.90. The van der Waals surface area contributed by atoms with Crippen molar-refractivity contribution in [1.29, 1.82) is 5.41 Å². The molecule has 5 heteroatoms. The van der Waals surface area contributed by atoms with E-state index < -0.39 is 0 Å². The van der Waals surface area contributed by atoms with E-state index in [2.05, 4.69) is 4.74 Å². The van der Waals surface area contributed by atoms with Crippen LogP contribution in [0.1, 0.15) is 16.8 Å². The lowest BCUT2D eigenvalue weighted by molar-refractivity contribution is 0.0994. The first kappa shape index (κ1) is 12.0. The van der Waals surface area contributed by atoms with Gasteiger partial charge in [0, 0.05) is 10.6 Å². The van der Waals surface area contributed by atoms with Crippen LogP contribution >= 0.6 is 23.2 Å². The maximum atomic E-state index is 11.6. The zero-order valence-electron chi connectivity index (χ0n) is 8.01. The molecule has 0 unspecified atom stereocenters. The van der Waals surface area contributed by atoms with Crippen molar-refractivity contribution < 1.29 is 9.53 Å². The number of carbonyl (C=O) groups is 1. The van der Waals surface area contributed by atoms with E-state index in [0.717, 1.165) is 0 Å². The quantitative estimate of drug-likeness (QED) is 0.505. The second-order valence-corrected chi connectivity index (χ2v) is 3.70. The Bertz CT molecular complexity index is 404. The topological polar surface area (TPSA) is 50.1 Å². The fourth-order valence-electron chi connectivity index (χ4n) is 1.03. The van der Waals surface area contributed by atoms with Gasteiger partial charge in [0.1, 0.15) is 0 Å². The Labute approximate surface area is 97.5 Å². The minimum Gasteiger partial charge on any atom is -0.484 e. The number of benzene rings is 1. The van der Waals surface area contributed by atoms with Gasteiger partial charge in [-0.2, -0.15) is 0 Å². The van der Waals surface area contributed by atoms with E-state index in [1.165, 1.54) is 19.2 Å². The minimum absolute atomic E-state index is 0.0917. The maximum Gasteiger partial charge on any atom is 0.188 e. The second kappa shape index (κ2) is 5.14. The van der Waals surface area contributed by atoms with Crippen molar-refractivity contribution in [1.82, 2.24) is 0 Å². The molecule has 0 atom stereocenters. The Balaban J connectivity index is 2.87. The van der Waals surface area contributed by atoms with E-state index in [1.54, 1.807) is 6.07 Å². The Hall–Kier alpha value is -1.06. The minimum atomic E-state index is -0.261. The zero-order chi connectivity index (χ0) is 11.4. The van der Waals surface area contributed by atoms with Gasteiger partial charge in [0.05, 0.1) is 18.6 Å². The van der Waals surface area contributed by atoms with Gasteiger partial charge in [0.25, 0.3) is 0 Å². The van der Waals surface area contributed by atoms with Crippen molar-refractivity contribution in [3.63, 3.8) is 0 Å². The van der Waals surface area contributed by atoms with Crippen molar-refractivity contribution >= 4 is 34.9 Å². The van der Waals surface area contributed by atoms with Crippen LogP contribution in [0.4, 0.5) is 0 Å². The normalized spacial score (nSPS) is 9.80. The van der Waals surface area contributed by atoms with Gasteiger partial charge in [0.15, 0.2) is 11.7 Å².